The van der Waals surface area contributed by atoms with Crippen LogP contribution in [0, 0.1) is 12.8 Å². The van der Waals surface area contributed by atoms with Crippen LogP contribution < -0.4 is 16.0 Å². The van der Waals surface area contributed by atoms with Crippen molar-refractivity contribution in [3.63, 3.8) is 0 Å². The average molecular weight is 355 g/mol. The predicted molar refractivity (Wildman–Crippen MR) is 100 cm³/mol. The van der Waals surface area contributed by atoms with Crippen molar-refractivity contribution in [2.75, 3.05) is 25.0 Å². The Morgan fingerprint density at radius 3 is 2.81 bits per heavy atom. The first kappa shape index (κ1) is 18.1. The number of amides is 2. The number of nitrogens with one attached hydrogen (secondary N) is 3. The van der Waals surface area contributed by atoms with E-state index in [1.807, 2.05) is 33.3 Å². The van der Waals surface area contributed by atoms with E-state index >= 15 is 0 Å². The highest BCUT2D eigenvalue weighted by Gasteiger charge is 2.34. The minimum absolute atomic E-state index is 0.0160. The first-order valence-corrected chi connectivity index (χ1v) is 8.88. The number of carbonyl (C=O) groups is 2. The van der Waals surface area contributed by atoms with Crippen LogP contribution in [0.3, 0.4) is 0 Å². The van der Waals surface area contributed by atoms with Gasteiger partial charge in [-0.15, -0.1) is 0 Å². The summed E-state index contributed by atoms with van der Waals surface area (Å²) in [5.41, 5.74) is 3.27. The van der Waals surface area contributed by atoms with Crippen LogP contribution in [0.25, 0.3) is 0 Å². The predicted octanol–water partition coefficient (Wildman–Crippen LogP) is 1.42. The maximum atomic E-state index is 12.8. The number of hydrogen-bond donors (Lipinski definition) is 3. The lowest BCUT2D eigenvalue weighted by molar-refractivity contribution is -0.119. The van der Waals surface area contributed by atoms with Crippen LogP contribution in [0.15, 0.2) is 30.6 Å². The maximum absolute atomic E-state index is 12.8. The van der Waals surface area contributed by atoms with Gasteiger partial charge in [-0.1, -0.05) is 0 Å². The van der Waals surface area contributed by atoms with Crippen molar-refractivity contribution >= 4 is 17.5 Å². The summed E-state index contributed by atoms with van der Waals surface area (Å²) < 4.78 is 1.76. The summed E-state index contributed by atoms with van der Waals surface area (Å²) in [5.74, 6) is -0.164. The second-order valence-corrected chi connectivity index (χ2v) is 6.70. The molecule has 2 heterocycles. The molecular formula is C19H25N5O2. The van der Waals surface area contributed by atoms with E-state index in [4.69, 9.17) is 0 Å². The van der Waals surface area contributed by atoms with Crippen LogP contribution in [-0.2, 0) is 11.8 Å². The quantitative estimate of drug-likeness (QED) is 0.757. The van der Waals surface area contributed by atoms with Gasteiger partial charge in [0.25, 0.3) is 5.91 Å². The summed E-state index contributed by atoms with van der Waals surface area (Å²) in [7, 11) is 1.88. The number of aromatic nitrogens is 2. The van der Waals surface area contributed by atoms with E-state index in [1.54, 1.807) is 22.9 Å². The van der Waals surface area contributed by atoms with Crippen molar-refractivity contribution in [3.05, 3.63) is 47.3 Å². The van der Waals surface area contributed by atoms with Crippen molar-refractivity contribution < 1.29 is 9.59 Å². The summed E-state index contributed by atoms with van der Waals surface area (Å²) in [6.45, 7) is 5.76. The summed E-state index contributed by atoms with van der Waals surface area (Å²) in [4.78, 5) is 24.7. The number of hydrogen-bond acceptors (Lipinski definition) is 4. The Morgan fingerprint density at radius 1 is 1.35 bits per heavy atom. The van der Waals surface area contributed by atoms with Gasteiger partial charge in [-0.05, 0) is 43.2 Å². The molecule has 0 spiro atoms. The largest absolute Gasteiger partial charge is 0.352 e. The molecule has 0 unspecified atom stereocenters. The fourth-order valence-electron chi connectivity index (χ4n) is 3.37. The Balaban J connectivity index is 1.72. The number of anilines is 1. The number of aryl methyl sites for hydroxylation is 2. The van der Waals surface area contributed by atoms with Crippen molar-refractivity contribution in [3.8, 4) is 0 Å². The zero-order chi connectivity index (χ0) is 18.7. The maximum Gasteiger partial charge on any atom is 0.251 e. The van der Waals surface area contributed by atoms with Crippen molar-refractivity contribution in [2.45, 2.75) is 19.8 Å². The lowest BCUT2D eigenvalue weighted by Crippen LogP contribution is -2.28. The van der Waals surface area contributed by atoms with Gasteiger partial charge >= 0.3 is 0 Å². The second-order valence-electron chi connectivity index (χ2n) is 6.70. The molecule has 0 saturated carbocycles. The van der Waals surface area contributed by atoms with Crippen LogP contribution in [0.4, 0.5) is 5.69 Å². The molecule has 26 heavy (non-hydrogen) atoms. The summed E-state index contributed by atoms with van der Waals surface area (Å²) in [6.07, 6.45) is 3.79. The van der Waals surface area contributed by atoms with Gasteiger partial charge in [0.2, 0.25) is 5.91 Å². The van der Waals surface area contributed by atoms with Crippen LogP contribution >= 0.6 is 0 Å². The molecule has 2 amide bonds. The van der Waals surface area contributed by atoms with Gasteiger partial charge in [0, 0.05) is 50.0 Å². The monoisotopic (exact) mass is 355 g/mol. The van der Waals surface area contributed by atoms with E-state index in [2.05, 4.69) is 21.0 Å². The van der Waals surface area contributed by atoms with Gasteiger partial charge in [-0.3, -0.25) is 14.3 Å². The second kappa shape index (κ2) is 7.70. The van der Waals surface area contributed by atoms with E-state index in [0.717, 1.165) is 23.4 Å². The van der Waals surface area contributed by atoms with Gasteiger partial charge < -0.3 is 16.0 Å². The van der Waals surface area contributed by atoms with Crippen molar-refractivity contribution in [2.24, 2.45) is 13.0 Å². The van der Waals surface area contributed by atoms with Crippen LogP contribution in [0.2, 0.25) is 0 Å². The Kier molecular flexibility index (Phi) is 5.37. The molecule has 7 heteroatoms. The highest BCUT2D eigenvalue weighted by molar-refractivity contribution is 5.97. The molecule has 1 aliphatic rings. The number of rotatable bonds is 5. The number of nitrogens with zero attached hydrogens (tertiary/aromatic N) is 2. The van der Waals surface area contributed by atoms with Gasteiger partial charge in [0.1, 0.15) is 0 Å². The molecule has 3 rings (SSSR count). The third kappa shape index (κ3) is 3.77. The van der Waals surface area contributed by atoms with Crippen LogP contribution in [-0.4, -0.2) is 41.2 Å². The minimum atomic E-state index is -0.151. The van der Waals surface area contributed by atoms with E-state index in [-0.39, 0.29) is 23.7 Å². The first-order valence-electron chi connectivity index (χ1n) is 8.88. The van der Waals surface area contributed by atoms with E-state index < -0.39 is 0 Å². The fourth-order valence-corrected chi connectivity index (χ4v) is 3.37. The van der Waals surface area contributed by atoms with E-state index in [1.165, 1.54) is 0 Å². The van der Waals surface area contributed by atoms with Crippen LogP contribution in [0.5, 0.6) is 0 Å². The van der Waals surface area contributed by atoms with Crippen LogP contribution in [0.1, 0.15) is 34.3 Å². The highest BCUT2D eigenvalue weighted by atomic mass is 16.2. The first-order chi connectivity index (χ1) is 12.5. The summed E-state index contributed by atoms with van der Waals surface area (Å²) >= 11 is 0. The highest BCUT2D eigenvalue weighted by Crippen LogP contribution is 2.29. The van der Waals surface area contributed by atoms with E-state index in [9.17, 15) is 9.59 Å². The molecule has 1 aromatic heterocycles. The molecule has 1 saturated heterocycles. The molecular weight excluding hydrogens is 330 g/mol. The Bertz CT molecular complexity index is 814. The molecule has 1 fully saturated rings. The van der Waals surface area contributed by atoms with Gasteiger partial charge in [0.05, 0.1) is 12.1 Å². The fraction of sp³-hybridized carbons (Fsp3) is 0.421. The van der Waals surface area contributed by atoms with E-state index in [0.29, 0.717) is 18.7 Å². The lowest BCUT2D eigenvalue weighted by Gasteiger charge is -2.18. The molecule has 0 bridgehead atoms. The van der Waals surface area contributed by atoms with Gasteiger partial charge in [-0.2, -0.15) is 5.10 Å². The Hall–Kier alpha value is -2.67. The Labute approximate surface area is 153 Å². The molecule has 2 aromatic rings. The lowest BCUT2D eigenvalue weighted by atomic mass is 9.90. The number of benzene rings is 1. The normalized spacial score (nSPS) is 19.3. The summed E-state index contributed by atoms with van der Waals surface area (Å²) in [5, 5.41) is 13.3. The van der Waals surface area contributed by atoms with Gasteiger partial charge in [0.15, 0.2) is 0 Å². The summed E-state index contributed by atoms with van der Waals surface area (Å²) in [6, 6.07) is 5.32. The molecule has 7 nitrogen and oxygen atoms in total. The average Bonchev–Trinajstić information content (AvgIpc) is 3.25. The molecule has 0 radical (unpaired) electrons. The molecule has 0 aliphatic carbocycles. The molecule has 2 atom stereocenters. The minimum Gasteiger partial charge on any atom is -0.352 e. The standard InChI is InChI=1S/C19H25N5O2/c1-4-21-18(25)13-5-6-17(12(2)7-13)23-19(26)16-10-20-9-15(16)14-8-22-24(3)11-14/h5-8,11,15-16,20H,4,9-10H2,1-3H3,(H,21,25)(H,23,26)/t15-,16+/m1/s1. The Morgan fingerprint density at radius 2 is 2.15 bits per heavy atom. The molecule has 138 valence electrons. The third-order valence-electron chi connectivity index (χ3n) is 4.79. The topological polar surface area (TPSA) is 88.1 Å². The number of carbonyl (C=O) groups excluding carboxylic acids is 2. The SMILES string of the molecule is CCNC(=O)c1ccc(NC(=O)[C@H]2CNC[C@@H]2c2cnn(C)c2)c(C)c1. The zero-order valence-electron chi connectivity index (χ0n) is 15.4. The van der Waals surface area contributed by atoms with Crippen molar-refractivity contribution in [1.29, 1.82) is 0 Å². The molecule has 3 N–H and O–H groups in total. The zero-order valence-corrected chi connectivity index (χ0v) is 15.4. The third-order valence-corrected chi connectivity index (χ3v) is 4.79. The molecule has 1 aliphatic heterocycles. The van der Waals surface area contributed by atoms with Gasteiger partial charge in [-0.25, -0.2) is 0 Å². The smallest absolute Gasteiger partial charge is 0.251 e. The molecule has 1 aromatic carbocycles. The van der Waals surface area contributed by atoms with Crippen molar-refractivity contribution in [1.82, 2.24) is 20.4 Å².